The lowest BCUT2D eigenvalue weighted by Gasteiger charge is -2.28. The van der Waals surface area contributed by atoms with Crippen molar-refractivity contribution in [2.24, 2.45) is 90.3 Å². The quantitative estimate of drug-likeness (QED) is 0.0153. The summed E-state index contributed by atoms with van der Waals surface area (Å²) in [4.78, 5) is 263. The molecule has 48 nitrogen and oxygen atoms in total. The summed E-state index contributed by atoms with van der Waals surface area (Å²) >= 11 is 0. The Hall–Kier alpha value is -12.3. The van der Waals surface area contributed by atoms with Crippen molar-refractivity contribution in [2.75, 3.05) is 26.2 Å². The minimum atomic E-state index is -1.93. The molecular formula is C69H122N26O22. The summed E-state index contributed by atoms with van der Waals surface area (Å²) in [6, 6.07) is -21.6. The molecule has 0 rings (SSSR count). The van der Waals surface area contributed by atoms with Gasteiger partial charge in [0.1, 0.15) is 78.5 Å². The Morgan fingerprint density at radius 2 is 0.607 bits per heavy atom. The second kappa shape index (κ2) is 53.7. The number of nitrogens with one attached hydrogen (secondary N) is 14. The van der Waals surface area contributed by atoms with E-state index in [0.29, 0.717) is 6.42 Å². The van der Waals surface area contributed by atoms with Gasteiger partial charge in [-0.3, -0.25) is 101 Å². The van der Waals surface area contributed by atoms with E-state index in [1.54, 1.807) is 41.5 Å². The minimum absolute atomic E-state index is 0.00971. The number of carbonyl (C=O) groups is 19. The van der Waals surface area contributed by atoms with Crippen LogP contribution in [0.2, 0.25) is 0 Å². The maximum atomic E-state index is 14.2. The molecule has 660 valence electrons. The summed E-state index contributed by atoms with van der Waals surface area (Å²) in [6.45, 7) is 15.8. The standard InChI is InChI=1S/C69H122N26O22/c1-30(2)23-41(93-64(114)42(24-31(3)4)89-53(103)35(10)85-62(112)45(27-48(72)97)91-55(105)34(9)83-58(108)38(16-13-21-80-68(75)76)86-56(106)37(70)15-12-20-79-67(73)74)61(111)84-36(11)54(104)90-44(26-47(71)96)57(107)82-29-49(98)95-52(33(7)8)65(115)88-40(18-19-50(99)100)60(110)92-43(25-32(5)6)63(113)87-39(17-14-22-81-69(77)78)59(109)94-46(66(116)117)28-51(101)102/h30-46,52H,12-29,70H2,1-11H3,(H2,71,96)(H2,72,97)(H,82,107)(H,83,108)(H,84,111)(H,85,112)(H,86,106)(H,87,113)(H,88,115)(H,89,103)(H,90,104)(H,91,105)(H,92,110)(H,93,114)(H,94,109)(H,95,98)(H,99,100)(H,101,102)(H,116,117)(H4,73,74,79)(H4,75,76,80)(H4,77,78,81). The third-order valence-corrected chi connectivity index (χ3v) is 16.8. The maximum absolute atomic E-state index is 14.2. The van der Waals surface area contributed by atoms with Crippen LogP contribution in [-0.2, 0) is 91.1 Å². The lowest BCUT2D eigenvalue weighted by atomic mass is 9.99. The van der Waals surface area contributed by atoms with E-state index in [-0.39, 0.29) is 107 Å². The fourth-order valence-electron chi connectivity index (χ4n) is 10.7. The van der Waals surface area contributed by atoms with Crippen molar-refractivity contribution in [1.82, 2.24) is 74.4 Å². The van der Waals surface area contributed by atoms with Crippen LogP contribution in [-0.4, -0.2) is 256 Å². The first-order valence-electron chi connectivity index (χ1n) is 37.7. The van der Waals surface area contributed by atoms with Gasteiger partial charge in [0.15, 0.2) is 17.9 Å². The summed E-state index contributed by atoms with van der Waals surface area (Å²) in [5, 5.41) is 61.7. The molecule has 0 spiro atoms. The molecule has 0 bridgehead atoms. The average molecular weight is 1670 g/mol. The van der Waals surface area contributed by atoms with Crippen molar-refractivity contribution in [3.05, 3.63) is 0 Å². The Kier molecular flexibility index (Phi) is 48.1. The van der Waals surface area contributed by atoms with Crippen LogP contribution in [0, 0.1) is 23.7 Å². The number of rotatable bonds is 57. The molecule has 0 saturated carbocycles. The van der Waals surface area contributed by atoms with Gasteiger partial charge < -0.3 is 141 Å². The predicted molar refractivity (Wildman–Crippen MR) is 420 cm³/mol. The second-order valence-corrected chi connectivity index (χ2v) is 29.3. The third kappa shape index (κ3) is 44.8. The van der Waals surface area contributed by atoms with Gasteiger partial charge in [-0.1, -0.05) is 55.4 Å². The molecule has 0 heterocycles. The minimum Gasteiger partial charge on any atom is -0.481 e. The van der Waals surface area contributed by atoms with Crippen LogP contribution < -0.4 is 126 Å². The van der Waals surface area contributed by atoms with E-state index in [4.69, 9.17) is 51.6 Å². The van der Waals surface area contributed by atoms with E-state index in [9.17, 15) is 106 Å². The molecule has 14 unspecified atom stereocenters. The fourth-order valence-corrected chi connectivity index (χ4v) is 10.7. The highest BCUT2D eigenvalue weighted by atomic mass is 16.4. The number of carboxylic acid groups (broad SMARTS) is 3. The van der Waals surface area contributed by atoms with E-state index < -0.39 is 242 Å². The first-order chi connectivity index (χ1) is 54.3. The molecule has 48 heteroatoms. The Balaban J connectivity index is 6.47. The lowest BCUT2D eigenvalue weighted by Crippen LogP contribution is -2.60. The smallest absolute Gasteiger partial charge is 0.326 e. The Bertz CT molecular complexity index is 3550. The topological polar surface area (TPSA) is 825 Å². The predicted octanol–water partition coefficient (Wildman–Crippen LogP) is -10.1. The number of guanidine groups is 3. The second-order valence-electron chi connectivity index (χ2n) is 29.3. The van der Waals surface area contributed by atoms with E-state index >= 15 is 0 Å². The van der Waals surface area contributed by atoms with Gasteiger partial charge in [-0.25, -0.2) is 4.79 Å². The average Bonchev–Trinajstić information content (AvgIpc) is 0.817. The number of nitrogens with zero attached hydrogens (tertiary/aromatic N) is 3. The third-order valence-electron chi connectivity index (χ3n) is 16.8. The molecule has 0 aliphatic rings. The van der Waals surface area contributed by atoms with Crippen molar-refractivity contribution in [2.45, 2.75) is 251 Å². The number of primary amides is 2. The lowest BCUT2D eigenvalue weighted by molar-refractivity contribution is -0.147. The molecule has 0 radical (unpaired) electrons. The van der Waals surface area contributed by atoms with Crippen molar-refractivity contribution < 1.29 is 106 Å². The highest BCUT2D eigenvalue weighted by Crippen LogP contribution is 2.14. The first kappa shape index (κ1) is 105. The van der Waals surface area contributed by atoms with Crippen LogP contribution in [0.4, 0.5) is 0 Å². The van der Waals surface area contributed by atoms with E-state index in [1.165, 1.54) is 34.6 Å². The van der Waals surface area contributed by atoms with Crippen molar-refractivity contribution in [3.8, 4) is 0 Å². The van der Waals surface area contributed by atoms with Gasteiger partial charge in [-0.15, -0.1) is 0 Å². The fraction of sp³-hybridized carbons (Fsp3) is 0.681. The molecule has 0 aromatic rings. The zero-order valence-corrected chi connectivity index (χ0v) is 67.8. The number of hydrogen-bond donors (Lipinski definition) is 26. The zero-order valence-electron chi connectivity index (χ0n) is 67.8. The molecular weight excluding hydrogens is 1540 g/mol. The largest absolute Gasteiger partial charge is 0.481 e. The number of hydrogen-bond acceptors (Lipinski definition) is 23. The summed E-state index contributed by atoms with van der Waals surface area (Å²) in [5.74, 6) is -23.7. The van der Waals surface area contributed by atoms with Crippen LogP contribution in [0.3, 0.4) is 0 Å². The summed E-state index contributed by atoms with van der Waals surface area (Å²) in [6.07, 6.45) is -4.02. The van der Waals surface area contributed by atoms with Gasteiger partial charge in [-0.05, 0) is 109 Å². The van der Waals surface area contributed by atoms with E-state index in [0.717, 1.165) is 0 Å². The molecule has 0 aliphatic heterocycles. The maximum Gasteiger partial charge on any atom is 0.326 e. The number of nitrogens with two attached hydrogens (primary N) is 9. The molecule has 35 N–H and O–H groups in total. The molecule has 0 aromatic carbocycles. The first-order valence-corrected chi connectivity index (χ1v) is 37.7. The van der Waals surface area contributed by atoms with Crippen molar-refractivity contribution in [3.63, 3.8) is 0 Å². The summed E-state index contributed by atoms with van der Waals surface area (Å²) < 4.78 is 0. The summed E-state index contributed by atoms with van der Waals surface area (Å²) in [7, 11) is 0. The van der Waals surface area contributed by atoms with Crippen LogP contribution >= 0.6 is 0 Å². The van der Waals surface area contributed by atoms with E-state index in [2.05, 4.69) is 89.4 Å². The number of aliphatic carboxylic acids is 3. The molecule has 0 saturated heterocycles. The number of carboxylic acids is 3. The van der Waals surface area contributed by atoms with Crippen molar-refractivity contribution in [1.29, 1.82) is 0 Å². The van der Waals surface area contributed by atoms with Crippen LogP contribution in [0.25, 0.3) is 0 Å². The SMILES string of the molecule is CC(C)CC(NC(=O)C(C)NC(=O)C(CC(N)=O)NC(=O)C(C)NC(=O)C(CCCN=C(N)N)NC(=O)C(N)CCCN=C(N)N)C(=O)NC(CC(C)C)C(=O)NC(C)C(=O)NC(CC(N)=O)C(=O)NCC(=O)NC(C(=O)NC(CCC(=O)O)C(=O)NC(CC(C)C)C(=O)NC(CCCN=C(N)N)C(=O)NC(CC(=O)O)C(=O)O)C(C)C. The number of amides is 16. The molecule has 117 heavy (non-hydrogen) atoms. The van der Waals surface area contributed by atoms with Gasteiger partial charge in [-0.2, -0.15) is 0 Å². The summed E-state index contributed by atoms with van der Waals surface area (Å²) in [5.41, 5.74) is 49.2. The van der Waals surface area contributed by atoms with Gasteiger partial charge in [0.25, 0.3) is 0 Å². The van der Waals surface area contributed by atoms with E-state index in [1.807, 2.05) is 0 Å². The number of aliphatic imine (C=N–C) groups is 3. The molecule has 14 atom stereocenters. The molecule has 16 amide bonds. The zero-order chi connectivity index (χ0) is 89.8. The molecule has 0 aliphatic carbocycles. The highest BCUT2D eigenvalue weighted by molar-refractivity contribution is 6.01. The van der Waals surface area contributed by atoms with Crippen LogP contribution in [0.1, 0.15) is 166 Å². The monoisotopic (exact) mass is 1670 g/mol. The molecule has 0 fully saturated rings. The van der Waals surface area contributed by atoms with Crippen molar-refractivity contribution >= 4 is 130 Å². The van der Waals surface area contributed by atoms with Crippen LogP contribution in [0.15, 0.2) is 15.0 Å². The van der Waals surface area contributed by atoms with Gasteiger partial charge in [0.2, 0.25) is 94.5 Å². The normalized spacial score (nSPS) is 14.6. The van der Waals surface area contributed by atoms with Gasteiger partial charge in [0, 0.05) is 26.1 Å². The van der Waals surface area contributed by atoms with Gasteiger partial charge >= 0.3 is 17.9 Å². The molecule has 0 aromatic heterocycles. The highest BCUT2D eigenvalue weighted by Gasteiger charge is 2.38. The Morgan fingerprint density at radius 3 is 0.957 bits per heavy atom. The Morgan fingerprint density at radius 1 is 0.308 bits per heavy atom. The van der Waals surface area contributed by atoms with Gasteiger partial charge in [0.05, 0.1) is 31.8 Å². The Labute approximate surface area is 675 Å². The van der Waals surface area contributed by atoms with Crippen LogP contribution in [0.5, 0.6) is 0 Å². The number of carbonyl (C=O) groups excluding carboxylic acids is 16.